The Bertz CT molecular complexity index is 664. The number of hydrogen-bond acceptors (Lipinski definition) is 6. The molecule has 1 aromatic heterocycles. The molecule has 0 bridgehead atoms. The highest BCUT2D eigenvalue weighted by atomic mass is 16.5. The molecule has 0 amide bonds. The first-order chi connectivity index (χ1) is 10.0. The van der Waals surface area contributed by atoms with Gasteiger partial charge < -0.3 is 15.2 Å². The fourth-order valence-electron chi connectivity index (χ4n) is 1.83. The molecule has 1 aromatic carbocycles. The number of nitrogens with zero attached hydrogens (tertiary/aromatic N) is 1. The van der Waals surface area contributed by atoms with Gasteiger partial charge in [-0.3, -0.25) is 0 Å². The maximum atomic E-state index is 11.7. The molecule has 21 heavy (non-hydrogen) atoms. The SMILES string of the molecule is COC(=O)c1cc(-c2cccc(N)c2)cc(C(=O)OC)n1. The second kappa shape index (κ2) is 6.04. The minimum atomic E-state index is -0.633. The van der Waals surface area contributed by atoms with Crippen molar-refractivity contribution in [3.63, 3.8) is 0 Å². The van der Waals surface area contributed by atoms with E-state index in [9.17, 15) is 9.59 Å². The maximum Gasteiger partial charge on any atom is 0.356 e. The van der Waals surface area contributed by atoms with Crippen molar-refractivity contribution in [3.05, 3.63) is 47.8 Å². The van der Waals surface area contributed by atoms with Crippen LogP contribution in [0.2, 0.25) is 0 Å². The molecule has 0 saturated carbocycles. The number of ether oxygens (including phenoxy) is 2. The van der Waals surface area contributed by atoms with Gasteiger partial charge in [0.1, 0.15) is 11.4 Å². The fraction of sp³-hybridized carbons (Fsp3) is 0.133. The van der Waals surface area contributed by atoms with Crippen LogP contribution in [-0.2, 0) is 9.47 Å². The minimum Gasteiger partial charge on any atom is -0.464 e. The van der Waals surface area contributed by atoms with Crippen LogP contribution in [0.1, 0.15) is 21.0 Å². The van der Waals surface area contributed by atoms with E-state index < -0.39 is 11.9 Å². The topological polar surface area (TPSA) is 91.5 Å². The molecule has 6 nitrogen and oxygen atoms in total. The molecule has 2 aromatic rings. The van der Waals surface area contributed by atoms with Crippen molar-refractivity contribution in [1.29, 1.82) is 0 Å². The standard InChI is InChI=1S/C15H14N2O4/c1-20-14(18)12-7-10(8-13(17-12)15(19)21-2)9-4-3-5-11(16)6-9/h3-8H,16H2,1-2H3. The second-order valence-electron chi connectivity index (χ2n) is 4.23. The lowest BCUT2D eigenvalue weighted by Gasteiger charge is -2.08. The van der Waals surface area contributed by atoms with Gasteiger partial charge in [0, 0.05) is 5.69 Å². The van der Waals surface area contributed by atoms with Gasteiger partial charge >= 0.3 is 11.9 Å². The van der Waals surface area contributed by atoms with Gasteiger partial charge in [0.15, 0.2) is 0 Å². The maximum absolute atomic E-state index is 11.7. The molecule has 0 atom stereocenters. The van der Waals surface area contributed by atoms with Crippen LogP contribution in [0, 0.1) is 0 Å². The molecular formula is C15H14N2O4. The number of nitrogens with two attached hydrogens (primary N) is 1. The summed E-state index contributed by atoms with van der Waals surface area (Å²) in [6, 6.07) is 10.1. The van der Waals surface area contributed by atoms with Crippen LogP contribution in [-0.4, -0.2) is 31.1 Å². The smallest absolute Gasteiger partial charge is 0.356 e. The summed E-state index contributed by atoms with van der Waals surface area (Å²) in [4.78, 5) is 27.3. The lowest BCUT2D eigenvalue weighted by atomic mass is 10.0. The Kier molecular flexibility index (Phi) is 4.18. The molecule has 2 N–H and O–H groups in total. The van der Waals surface area contributed by atoms with Crippen LogP contribution < -0.4 is 5.73 Å². The zero-order valence-corrected chi connectivity index (χ0v) is 11.6. The summed E-state index contributed by atoms with van der Waals surface area (Å²) in [6.45, 7) is 0. The van der Waals surface area contributed by atoms with Crippen LogP contribution in [0.3, 0.4) is 0 Å². The highest BCUT2D eigenvalue weighted by molar-refractivity contribution is 5.94. The Morgan fingerprint density at radius 3 is 2.00 bits per heavy atom. The molecule has 0 aliphatic heterocycles. The van der Waals surface area contributed by atoms with Crippen molar-refractivity contribution in [2.45, 2.75) is 0 Å². The first kappa shape index (κ1) is 14.5. The Balaban J connectivity index is 2.59. The molecule has 0 spiro atoms. The van der Waals surface area contributed by atoms with Crippen LogP contribution in [0.15, 0.2) is 36.4 Å². The fourth-order valence-corrected chi connectivity index (χ4v) is 1.83. The van der Waals surface area contributed by atoms with Crippen molar-refractivity contribution in [2.75, 3.05) is 20.0 Å². The summed E-state index contributed by atoms with van der Waals surface area (Å²) in [7, 11) is 2.49. The number of pyridine rings is 1. The normalized spacial score (nSPS) is 10.0. The minimum absolute atomic E-state index is 0.0258. The molecule has 0 radical (unpaired) electrons. The van der Waals surface area contributed by atoms with Crippen molar-refractivity contribution in [3.8, 4) is 11.1 Å². The number of rotatable bonds is 3. The summed E-state index contributed by atoms with van der Waals surface area (Å²) in [5.41, 5.74) is 7.75. The van der Waals surface area contributed by atoms with Gasteiger partial charge in [-0.2, -0.15) is 0 Å². The Morgan fingerprint density at radius 2 is 1.52 bits per heavy atom. The largest absolute Gasteiger partial charge is 0.464 e. The molecule has 0 aliphatic rings. The van der Waals surface area contributed by atoms with Crippen LogP contribution in [0.25, 0.3) is 11.1 Å². The summed E-state index contributed by atoms with van der Waals surface area (Å²) in [5.74, 6) is -1.27. The summed E-state index contributed by atoms with van der Waals surface area (Å²) >= 11 is 0. The van der Waals surface area contributed by atoms with E-state index in [1.54, 1.807) is 18.2 Å². The lowest BCUT2D eigenvalue weighted by molar-refractivity contribution is 0.0586. The second-order valence-corrected chi connectivity index (χ2v) is 4.23. The Hall–Kier alpha value is -2.89. The molecule has 0 aliphatic carbocycles. The molecule has 1 heterocycles. The van der Waals surface area contributed by atoms with Gasteiger partial charge in [0.05, 0.1) is 14.2 Å². The Morgan fingerprint density at radius 1 is 0.952 bits per heavy atom. The molecular weight excluding hydrogens is 272 g/mol. The van der Waals surface area contributed by atoms with E-state index in [2.05, 4.69) is 14.5 Å². The van der Waals surface area contributed by atoms with Crippen LogP contribution in [0.4, 0.5) is 5.69 Å². The predicted octanol–water partition coefficient (Wildman–Crippen LogP) is 1.90. The third kappa shape index (κ3) is 3.17. The lowest BCUT2D eigenvalue weighted by Crippen LogP contribution is -2.11. The van der Waals surface area contributed by atoms with E-state index >= 15 is 0 Å². The number of hydrogen-bond donors (Lipinski definition) is 1. The van der Waals surface area contributed by atoms with Crippen molar-refractivity contribution >= 4 is 17.6 Å². The van der Waals surface area contributed by atoms with Crippen molar-refractivity contribution in [2.24, 2.45) is 0 Å². The molecule has 2 rings (SSSR count). The number of benzene rings is 1. The third-order valence-corrected chi connectivity index (χ3v) is 2.83. The summed E-state index contributed by atoms with van der Waals surface area (Å²) in [6.07, 6.45) is 0. The van der Waals surface area contributed by atoms with Gasteiger partial charge in [0.25, 0.3) is 0 Å². The van der Waals surface area contributed by atoms with Crippen molar-refractivity contribution < 1.29 is 19.1 Å². The average molecular weight is 286 g/mol. The van der Waals surface area contributed by atoms with E-state index in [0.717, 1.165) is 5.56 Å². The average Bonchev–Trinajstić information content (AvgIpc) is 2.52. The molecule has 0 fully saturated rings. The van der Waals surface area contributed by atoms with Crippen LogP contribution in [0.5, 0.6) is 0 Å². The summed E-state index contributed by atoms with van der Waals surface area (Å²) in [5, 5.41) is 0. The van der Waals surface area contributed by atoms with Crippen molar-refractivity contribution in [1.82, 2.24) is 4.98 Å². The molecule has 0 saturated heterocycles. The van der Waals surface area contributed by atoms with Gasteiger partial charge in [-0.15, -0.1) is 0 Å². The van der Waals surface area contributed by atoms with Gasteiger partial charge in [0.2, 0.25) is 0 Å². The third-order valence-electron chi connectivity index (χ3n) is 2.83. The Labute approximate surface area is 121 Å². The predicted molar refractivity (Wildman–Crippen MR) is 76.8 cm³/mol. The van der Waals surface area contributed by atoms with E-state index in [1.165, 1.54) is 26.4 Å². The highest BCUT2D eigenvalue weighted by Gasteiger charge is 2.16. The first-order valence-corrected chi connectivity index (χ1v) is 6.09. The van der Waals surface area contributed by atoms with Gasteiger partial charge in [-0.05, 0) is 35.4 Å². The van der Waals surface area contributed by atoms with E-state index in [0.29, 0.717) is 11.3 Å². The number of nitrogen functional groups attached to an aromatic ring is 1. The number of anilines is 1. The number of carbonyl (C=O) groups excluding carboxylic acids is 2. The molecule has 6 heteroatoms. The van der Waals surface area contributed by atoms with E-state index in [1.807, 2.05) is 6.07 Å². The molecule has 0 unspecified atom stereocenters. The van der Waals surface area contributed by atoms with Gasteiger partial charge in [-0.1, -0.05) is 12.1 Å². The highest BCUT2D eigenvalue weighted by Crippen LogP contribution is 2.23. The zero-order chi connectivity index (χ0) is 15.4. The monoisotopic (exact) mass is 286 g/mol. The zero-order valence-electron chi connectivity index (χ0n) is 11.6. The van der Waals surface area contributed by atoms with E-state index in [-0.39, 0.29) is 11.4 Å². The number of carbonyl (C=O) groups is 2. The number of methoxy groups -OCH3 is 2. The first-order valence-electron chi connectivity index (χ1n) is 6.09. The number of esters is 2. The number of aromatic nitrogens is 1. The molecule has 108 valence electrons. The van der Waals surface area contributed by atoms with Crippen LogP contribution >= 0.6 is 0 Å². The van der Waals surface area contributed by atoms with E-state index in [4.69, 9.17) is 5.73 Å². The summed E-state index contributed by atoms with van der Waals surface area (Å²) < 4.78 is 9.28. The quantitative estimate of drug-likeness (QED) is 0.684. The van der Waals surface area contributed by atoms with Gasteiger partial charge in [-0.25, -0.2) is 14.6 Å².